The Labute approximate surface area is 509 Å². The number of carbonyl (C=O) groups excluding carboxylic acids is 4. The summed E-state index contributed by atoms with van der Waals surface area (Å²) >= 11 is 1.33. The first kappa shape index (κ1) is 65.8. The van der Waals surface area contributed by atoms with Gasteiger partial charge >= 0.3 is 0 Å². The topological polar surface area (TPSA) is 223 Å². The minimum Gasteiger partial charge on any atom is -0.494 e. The van der Waals surface area contributed by atoms with Crippen molar-refractivity contribution in [1.29, 1.82) is 0 Å². The van der Waals surface area contributed by atoms with Crippen molar-refractivity contribution in [2.24, 2.45) is 0 Å². The molecule has 0 spiro atoms. The second-order valence-electron chi connectivity index (χ2n) is 21.1. The largest absolute Gasteiger partial charge is 0.494 e. The first-order valence-electron chi connectivity index (χ1n) is 29.7. The van der Waals surface area contributed by atoms with E-state index in [0.29, 0.717) is 109 Å². The van der Waals surface area contributed by atoms with Gasteiger partial charge in [0.25, 0.3) is 0 Å². The van der Waals surface area contributed by atoms with E-state index in [0.717, 1.165) is 115 Å². The fourth-order valence-corrected chi connectivity index (χ4v) is 10.1. The predicted octanol–water partition coefficient (Wildman–Crippen LogP) is 7.37. The number of nitrogens with zero attached hydrogens (tertiary/aromatic N) is 8. The maximum atomic E-state index is 14.0. The fraction of sp³-hybridized carbons (Fsp3) is 0.453. The van der Waals surface area contributed by atoms with Crippen LogP contribution in [0.15, 0.2) is 128 Å². The molecule has 22 heteroatoms. The number of carbonyl (C=O) groups is 4. The number of aryl methyl sites for hydroxylation is 1. The van der Waals surface area contributed by atoms with E-state index in [1.54, 1.807) is 22.2 Å². The number of nitrogens with one attached hydrogen (secondary N) is 4. The van der Waals surface area contributed by atoms with Crippen molar-refractivity contribution in [3.05, 3.63) is 150 Å². The van der Waals surface area contributed by atoms with Gasteiger partial charge in [-0.25, -0.2) is 9.67 Å². The van der Waals surface area contributed by atoms with Crippen LogP contribution in [-0.2, 0) is 59.2 Å². The molecule has 1 saturated carbocycles. The second-order valence-corrected chi connectivity index (χ2v) is 22.0. The van der Waals surface area contributed by atoms with Crippen molar-refractivity contribution < 1.29 is 42.9 Å². The van der Waals surface area contributed by atoms with Gasteiger partial charge in [-0.05, 0) is 129 Å². The van der Waals surface area contributed by atoms with E-state index in [2.05, 4.69) is 73.3 Å². The Morgan fingerprint density at radius 2 is 1.57 bits per heavy atom. The quantitative estimate of drug-likeness (QED) is 0.0169. The standard InChI is InChI=1S/C53H70N8O7.C11H16N4O2S/c1-5-9-41(6-2)39-56-53(63)52(44-13-22-50-43(38-44)24-26-55-50)61(47-16-17-47)51(62)23-12-42-10-18-48(19-11-42)67-30-8-7-27-59(4)28-32-65-35-34-64-31-25-46-40-60(58-57-46)29-33-66-36-37-68-49-20-14-45(54-3)15-21-49;1-14-2-4-15(5-3-14)10(17)6-9-7-18-11(13-9)12-8-16/h5-6,9-11,13-15,18-22,24,26,38,40,47,52,54-55H,1-2,7-8,12,16-17,23,25,27-37,39H2,3-4H3,(H,56,63);7-8H,2-6H2,1H3,(H,12,13,16)/b41-9+;. The zero-order chi connectivity index (χ0) is 60.7. The van der Waals surface area contributed by atoms with E-state index in [1.807, 2.05) is 108 Å². The van der Waals surface area contributed by atoms with Crippen LogP contribution in [0.3, 0.4) is 0 Å². The summed E-state index contributed by atoms with van der Waals surface area (Å²) in [5.41, 5.74) is 6.30. The average molecular weight is 1200 g/mol. The molecule has 4 amide bonds. The summed E-state index contributed by atoms with van der Waals surface area (Å²) in [6.45, 7) is 18.1. The number of anilines is 2. The van der Waals surface area contributed by atoms with Gasteiger partial charge in [0.05, 0.1) is 70.6 Å². The maximum absolute atomic E-state index is 14.0. The molecule has 8 rings (SSSR count). The molecule has 1 aliphatic heterocycles. The maximum Gasteiger partial charge on any atom is 0.247 e. The summed E-state index contributed by atoms with van der Waals surface area (Å²) in [6, 6.07) is 23.0. The van der Waals surface area contributed by atoms with Crippen molar-refractivity contribution in [1.82, 2.24) is 49.9 Å². The minimum atomic E-state index is -0.749. The van der Waals surface area contributed by atoms with Crippen molar-refractivity contribution in [3.8, 4) is 11.5 Å². The number of hydrogen-bond acceptors (Lipinski definition) is 16. The lowest BCUT2D eigenvalue weighted by Crippen LogP contribution is -2.47. The van der Waals surface area contributed by atoms with E-state index >= 15 is 0 Å². The molecule has 1 saturated heterocycles. The molecule has 0 radical (unpaired) electrons. The highest BCUT2D eigenvalue weighted by Gasteiger charge is 2.41. The molecule has 6 aromatic rings. The van der Waals surface area contributed by atoms with Gasteiger partial charge < -0.3 is 64.2 Å². The first-order valence-corrected chi connectivity index (χ1v) is 30.5. The predicted molar refractivity (Wildman–Crippen MR) is 337 cm³/mol. The summed E-state index contributed by atoms with van der Waals surface area (Å²) in [5, 5.41) is 20.4. The number of thiazole rings is 1. The SMILES string of the molecule is C=C/C=C(\C=C)CNC(=O)C(c1ccc2[nH]ccc2c1)N(C(=O)CCc1ccc(OCCCCN(C)CCOCCOCCc2cn(CCOCCOc3ccc(NC)cc3)nn2)cc1)C1CC1.CN1CCN(C(=O)Cc2csc(NC=O)n2)CC1. The minimum absolute atomic E-state index is 0.0274. The molecular formula is C64H86N12O9S. The molecule has 0 bridgehead atoms. The molecule has 21 nitrogen and oxygen atoms in total. The summed E-state index contributed by atoms with van der Waals surface area (Å²) in [7, 11) is 6.05. The van der Waals surface area contributed by atoms with Crippen LogP contribution in [0.2, 0.25) is 0 Å². The average Bonchev–Trinajstić information content (AvgIpc) is 3.64. The number of benzene rings is 3. The normalized spacial score (nSPS) is 13.8. The molecule has 86 heavy (non-hydrogen) atoms. The van der Waals surface area contributed by atoms with Gasteiger partial charge in [0.15, 0.2) is 5.13 Å². The Kier molecular flexibility index (Phi) is 27.8. The third kappa shape index (κ3) is 22.6. The third-order valence-corrected chi connectivity index (χ3v) is 15.4. The zero-order valence-electron chi connectivity index (χ0n) is 50.2. The van der Waals surface area contributed by atoms with Gasteiger partial charge in [-0.3, -0.25) is 19.2 Å². The molecule has 2 aliphatic rings. The Balaban J connectivity index is 0.000000499. The molecule has 462 valence electrons. The number of amides is 4. The van der Waals surface area contributed by atoms with E-state index in [9.17, 15) is 19.2 Å². The number of H-pyrrole nitrogens is 1. The highest BCUT2D eigenvalue weighted by Crippen LogP contribution is 2.37. The Morgan fingerprint density at radius 1 is 0.837 bits per heavy atom. The van der Waals surface area contributed by atoms with Crippen LogP contribution in [0.5, 0.6) is 11.5 Å². The number of likely N-dealkylation sites (N-methyl/N-ethyl adjacent to an activating group) is 2. The molecule has 4 heterocycles. The van der Waals surface area contributed by atoms with Gasteiger partial charge in [0.1, 0.15) is 24.1 Å². The molecule has 4 N–H and O–H groups in total. The lowest BCUT2D eigenvalue weighted by molar-refractivity contribution is -0.141. The fourth-order valence-electron chi connectivity index (χ4n) is 9.45. The van der Waals surface area contributed by atoms with Crippen LogP contribution < -0.4 is 25.4 Å². The van der Waals surface area contributed by atoms with Gasteiger partial charge in [-0.1, -0.05) is 54.8 Å². The van der Waals surface area contributed by atoms with Crippen LogP contribution in [0, 0.1) is 0 Å². The van der Waals surface area contributed by atoms with Crippen LogP contribution in [0.4, 0.5) is 10.8 Å². The number of hydrogen-bond donors (Lipinski definition) is 4. The van der Waals surface area contributed by atoms with E-state index in [1.165, 1.54) is 11.3 Å². The van der Waals surface area contributed by atoms with E-state index in [4.69, 9.17) is 23.7 Å². The van der Waals surface area contributed by atoms with Crippen molar-refractivity contribution in [2.45, 2.75) is 70.0 Å². The van der Waals surface area contributed by atoms with Crippen molar-refractivity contribution in [3.63, 3.8) is 0 Å². The van der Waals surface area contributed by atoms with Crippen LogP contribution in [0.25, 0.3) is 10.9 Å². The van der Waals surface area contributed by atoms with Crippen LogP contribution >= 0.6 is 11.3 Å². The summed E-state index contributed by atoms with van der Waals surface area (Å²) in [4.78, 5) is 65.8. The molecule has 1 unspecified atom stereocenters. The second kappa shape index (κ2) is 36.3. The lowest BCUT2D eigenvalue weighted by Gasteiger charge is -2.32. The monoisotopic (exact) mass is 1200 g/mol. The van der Waals surface area contributed by atoms with Crippen molar-refractivity contribution in [2.75, 3.05) is 130 Å². The number of fused-ring (bicyclic) bond motifs is 1. The molecule has 2 fully saturated rings. The number of allylic oxidation sites excluding steroid dienone is 2. The Morgan fingerprint density at radius 3 is 2.30 bits per heavy atom. The number of aromatic nitrogens is 5. The number of rotatable bonds is 38. The number of piperazine rings is 1. The highest BCUT2D eigenvalue weighted by molar-refractivity contribution is 7.13. The highest BCUT2D eigenvalue weighted by atomic mass is 32.1. The number of aromatic amines is 1. The summed E-state index contributed by atoms with van der Waals surface area (Å²) in [5.74, 6) is 1.48. The molecule has 1 aliphatic carbocycles. The molecular weight excluding hydrogens is 1110 g/mol. The molecule has 3 aromatic heterocycles. The van der Waals surface area contributed by atoms with Gasteiger partial charge in [-0.15, -0.1) is 16.4 Å². The third-order valence-electron chi connectivity index (χ3n) is 14.6. The van der Waals surface area contributed by atoms with E-state index in [-0.39, 0.29) is 23.8 Å². The van der Waals surface area contributed by atoms with Gasteiger partial charge in [0, 0.05) is 94.2 Å². The zero-order valence-corrected chi connectivity index (χ0v) is 51.0. The Bertz CT molecular complexity index is 3040. The van der Waals surface area contributed by atoms with Crippen molar-refractivity contribution >= 4 is 57.2 Å². The smallest absolute Gasteiger partial charge is 0.247 e. The number of unbranched alkanes of at least 4 members (excludes halogenated alkanes) is 1. The van der Waals surface area contributed by atoms with Gasteiger partial charge in [-0.2, -0.15) is 0 Å². The van der Waals surface area contributed by atoms with Gasteiger partial charge in [0.2, 0.25) is 24.1 Å². The van der Waals surface area contributed by atoms with E-state index < -0.39 is 6.04 Å². The number of ether oxygens (including phenoxy) is 5. The first-order chi connectivity index (χ1) is 42.0. The molecule has 3 aromatic carbocycles. The van der Waals surface area contributed by atoms with Crippen LogP contribution in [0.1, 0.15) is 60.7 Å². The molecule has 1 atom stereocenters. The lowest BCUT2D eigenvalue weighted by atomic mass is 10.0. The summed E-state index contributed by atoms with van der Waals surface area (Å²) in [6.07, 6.45) is 15.1. The van der Waals surface area contributed by atoms with Crippen LogP contribution in [-0.4, -0.2) is 195 Å². The summed E-state index contributed by atoms with van der Waals surface area (Å²) < 4.78 is 30.8. The Hall–Kier alpha value is -7.73.